The Morgan fingerprint density at radius 2 is 1.92 bits per heavy atom. The van der Waals surface area contributed by atoms with E-state index in [-0.39, 0.29) is 41.5 Å². The smallest absolute Gasteiger partial charge is 0.203 e. The van der Waals surface area contributed by atoms with Gasteiger partial charge in [0.05, 0.1) is 23.2 Å². The number of carbonyl (C=O) groups is 3. The molecule has 11 nitrogen and oxygen atoms in total. The molecular formula is C28H30O11. The van der Waals surface area contributed by atoms with E-state index >= 15 is 0 Å². The number of aliphatic hydroxyl groups is 4. The Hall–Kier alpha value is -3.19. The molecule has 2 aromatic rings. The average Bonchev–Trinajstić information content (AvgIpc) is 2.89. The number of aromatic hydroxyl groups is 2. The van der Waals surface area contributed by atoms with Crippen molar-refractivity contribution in [3.05, 3.63) is 47.0 Å². The zero-order valence-corrected chi connectivity index (χ0v) is 21.3. The standard InChI is InChI=1S/C28H30O11/c1-12(30)16-10-28(39-20-6-7-27(37,13(2)38-20)19(32)11-29)17(24(34)23(16)33)9-15-8-14-4-3-5-18(31)21(14)25(35)22(15)26(28)36/h3-5,8,10,13,17,20,23-24,29,31,33-35,37H,6-7,9,11H2,1-2H3/t13-,17+,20+,23+,24-,27+,28+/m1/s1. The van der Waals surface area contributed by atoms with Crippen LogP contribution >= 0.6 is 0 Å². The van der Waals surface area contributed by atoms with Crippen molar-refractivity contribution in [3.63, 3.8) is 0 Å². The van der Waals surface area contributed by atoms with E-state index in [1.807, 2.05) is 0 Å². The molecule has 2 aliphatic carbocycles. The quantitative estimate of drug-likeness (QED) is 0.307. The van der Waals surface area contributed by atoms with Crippen molar-refractivity contribution >= 4 is 28.1 Å². The van der Waals surface area contributed by atoms with Crippen LogP contribution in [-0.4, -0.2) is 90.4 Å². The molecule has 0 bridgehead atoms. The molecule has 0 aromatic heterocycles. The van der Waals surface area contributed by atoms with Crippen LogP contribution in [0.3, 0.4) is 0 Å². The van der Waals surface area contributed by atoms with Gasteiger partial charge in [-0.3, -0.25) is 14.4 Å². The first kappa shape index (κ1) is 27.4. The van der Waals surface area contributed by atoms with E-state index in [0.29, 0.717) is 10.9 Å². The number of ketones is 3. The molecule has 6 N–H and O–H groups in total. The number of rotatable bonds is 5. The Kier molecular flexibility index (Phi) is 6.65. The molecule has 3 aliphatic rings. The molecule has 0 unspecified atom stereocenters. The van der Waals surface area contributed by atoms with E-state index in [4.69, 9.17) is 9.47 Å². The van der Waals surface area contributed by atoms with Crippen molar-refractivity contribution < 1.29 is 54.5 Å². The molecule has 0 saturated carbocycles. The molecule has 11 heteroatoms. The third-order valence-electron chi connectivity index (χ3n) is 8.35. The van der Waals surface area contributed by atoms with Crippen LogP contribution in [0.1, 0.15) is 42.6 Å². The van der Waals surface area contributed by atoms with E-state index in [2.05, 4.69) is 0 Å². The van der Waals surface area contributed by atoms with Crippen molar-refractivity contribution in [3.8, 4) is 11.5 Å². The lowest BCUT2D eigenvalue weighted by atomic mass is 9.63. The third-order valence-corrected chi connectivity index (χ3v) is 8.35. The summed E-state index contributed by atoms with van der Waals surface area (Å²) in [5, 5.41) is 64.0. The van der Waals surface area contributed by atoms with Gasteiger partial charge in [-0.2, -0.15) is 0 Å². The molecule has 1 heterocycles. The SMILES string of the molecule is CC(=O)C1=C[C@@]2(O[C@H]3CC[C@@](O)(C(=O)CO)[C@@H](C)O3)C(=O)c3c(cc4cccc(O)c4c3O)C[C@H]2[C@@H](O)[C@H]1O. The van der Waals surface area contributed by atoms with E-state index < -0.39 is 71.4 Å². The third kappa shape index (κ3) is 4.00. The van der Waals surface area contributed by atoms with Crippen LogP contribution in [0.15, 0.2) is 35.9 Å². The summed E-state index contributed by atoms with van der Waals surface area (Å²) in [5.74, 6) is -4.12. The van der Waals surface area contributed by atoms with Crippen molar-refractivity contribution in [2.45, 2.75) is 68.9 Å². The summed E-state index contributed by atoms with van der Waals surface area (Å²) in [7, 11) is 0. The maximum Gasteiger partial charge on any atom is 0.203 e. The fourth-order valence-electron chi connectivity index (χ4n) is 6.15. The molecule has 0 spiro atoms. The van der Waals surface area contributed by atoms with Gasteiger partial charge in [-0.1, -0.05) is 18.2 Å². The highest BCUT2D eigenvalue weighted by atomic mass is 16.7. The van der Waals surface area contributed by atoms with Gasteiger partial charge in [0.1, 0.15) is 24.2 Å². The zero-order chi connectivity index (χ0) is 28.4. The molecule has 1 fully saturated rings. The van der Waals surface area contributed by atoms with Gasteiger partial charge in [-0.25, -0.2) is 0 Å². The number of phenolic OH excluding ortho intramolecular Hbond substituents is 2. The second-order valence-electron chi connectivity index (χ2n) is 10.5. The molecule has 208 valence electrons. The number of phenols is 2. The molecule has 1 aliphatic heterocycles. The number of hydrogen-bond acceptors (Lipinski definition) is 11. The maximum atomic E-state index is 14.3. The number of fused-ring (bicyclic) bond motifs is 3. The van der Waals surface area contributed by atoms with E-state index in [1.165, 1.54) is 19.9 Å². The minimum Gasteiger partial charge on any atom is -0.507 e. The van der Waals surface area contributed by atoms with Crippen LogP contribution in [0.5, 0.6) is 11.5 Å². The lowest BCUT2D eigenvalue weighted by Gasteiger charge is -2.50. The lowest BCUT2D eigenvalue weighted by Crippen LogP contribution is -2.63. The van der Waals surface area contributed by atoms with E-state index in [1.54, 1.807) is 18.2 Å². The maximum absolute atomic E-state index is 14.3. The van der Waals surface area contributed by atoms with E-state index in [9.17, 15) is 45.0 Å². The van der Waals surface area contributed by atoms with Crippen LogP contribution in [0.4, 0.5) is 0 Å². The molecule has 5 rings (SSSR count). The average molecular weight is 543 g/mol. The second-order valence-corrected chi connectivity index (χ2v) is 10.5. The van der Waals surface area contributed by atoms with Crippen LogP contribution < -0.4 is 0 Å². The molecule has 0 amide bonds. The first-order chi connectivity index (χ1) is 18.4. The largest absolute Gasteiger partial charge is 0.507 e. The van der Waals surface area contributed by atoms with Crippen molar-refractivity contribution in [2.75, 3.05) is 6.61 Å². The van der Waals surface area contributed by atoms with Gasteiger partial charge < -0.3 is 40.1 Å². The van der Waals surface area contributed by atoms with E-state index in [0.717, 1.165) is 6.08 Å². The summed E-state index contributed by atoms with van der Waals surface area (Å²) in [5.41, 5.74) is -4.13. The highest BCUT2D eigenvalue weighted by Gasteiger charge is 2.60. The van der Waals surface area contributed by atoms with Crippen molar-refractivity contribution in [1.29, 1.82) is 0 Å². The van der Waals surface area contributed by atoms with Gasteiger partial charge in [-0.05, 0) is 49.8 Å². The normalized spacial score (nSPS) is 34.3. The first-order valence-corrected chi connectivity index (χ1v) is 12.7. The Balaban J connectivity index is 1.65. The van der Waals surface area contributed by atoms with Gasteiger partial charge in [0.25, 0.3) is 0 Å². The first-order valence-electron chi connectivity index (χ1n) is 12.7. The molecule has 39 heavy (non-hydrogen) atoms. The van der Waals surface area contributed by atoms with Gasteiger partial charge in [0.2, 0.25) is 5.78 Å². The van der Waals surface area contributed by atoms with Crippen LogP contribution in [0.25, 0.3) is 10.8 Å². The minimum atomic E-state index is -2.08. The molecule has 7 atom stereocenters. The van der Waals surface area contributed by atoms with Gasteiger partial charge in [0, 0.05) is 17.9 Å². The Morgan fingerprint density at radius 3 is 2.56 bits per heavy atom. The van der Waals surface area contributed by atoms with Crippen LogP contribution in [0, 0.1) is 5.92 Å². The molecule has 2 aromatic carbocycles. The molecule has 0 radical (unpaired) electrons. The number of Topliss-reactive ketones (excluding diaryl/α,β-unsaturated/α-hetero) is 3. The highest BCUT2D eigenvalue weighted by Crippen LogP contribution is 2.50. The lowest BCUT2D eigenvalue weighted by molar-refractivity contribution is -0.273. The number of ether oxygens (including phenoxy) is 2. The number of benzene rings is 2. The summed E-state index contributed by atoms with van der Waals surface area (Å²) in [6, 6.07) is 6.18. The number of aliphatic hydroxyl groups excluding tert-OH is 3. The Labute approximate surface area is 222 Å². The number of carbonyl (C=O) groups excluding carboxylic acids is 3. The van der Waals surface area contributed by atoms with Gasteiger partial charge in [-0.15, -0.1) is 0 Å². The predicted molar refractivity (Wildman–Crippen MR) is 134 cm³/mol. The summed E-state index contributed by atoms with van der Waals surface area (Å²) in [4.78, 5) is 38.9. The summed E-state index contributed by atoms with van der Waals surface area (Å²) < 4.78 is 12.0. The summed E-state index contributed by atoms with van der Waals surface area (Å²) >= 11 is 0. The minimum absolute atomic E-state index is 0.0421. The Morgan fingerprint density at radius 1 is 1.21 bits per heavy atom. The topological polar surface area (TPSA) is 191 Å². The second kappa shape index (κ2) is 9.47. The monoisotopic (exact) mass is 542 g/mol. The molecular weight excluding hydrogens is 512 g/mol. The van der Waals surface area contributed by atoms with Gasteiger partial charge >= 0.3 is 0 Å². The van der Waals surface area contributed by atoms with Crippen LogP contribution in [0.2, 0.25) is 0 Å². The van der Waals surface area contributed by atoms with Crippen molar-refractivity contribution in [2.24, 2.45) is 5.92 Å². The predicted octanol–water partition coefficient (Wildman–Crippen LogP) is 0.430. The highest BCUT2D eigenvalue weighted by molar-refractivity contribution is 6.14. The summed E-state index contributed by atoms with van der Waals surface area (Å²) in [6.07, 6.45) is -4.70. The zero-order valence-electron chi connectivity index (χ0n) is 21.3. The van der Waals surface area contributed by atoms with Crippen LogP contribution in [-0.2, 0) is 25.5 Å². The van der Waals surface area contributed by atoms with Gasteiger partial charge in [0.15, 0.2) is 29.1 Å². The summed E-state index contributed by atoms with van der Waals surface area (Å²) in [6.45, 7) is 1.68. The fraction of sp³-hybridized carbons (Fsp3) is 0.464. The fourth-order valence-corrected chi connectivity index (χ4v) is 6.15. The Bertz CT molecular complexity index is 1410. The number of hydrogen-bond donors (Lipinski definition) is 6. The van der Waals surface area contributed by atoms with Crippen molar-refractivity contribution in [1.82, 2.24) is 0 Å². The molecule has 1 saturated heterocycles.